The fraction of sp³-hybridized carbons (Fsp3) is 0.278. The van der Waals surface area contributed by atoms with Crippen molar-refractivity contribution in [2.24, 2.45) is 0 Å². The largest absolute Gasteiger partial charge is 0.451 e. The minimum atomic E-state index is -3.50. The summed E-state index contributed by atoms with van der Waals surface area (Å²) in [6.07, 6.45) is 2.99. The van der Waals surface area contributed by atoms with Gasteiger partial charge < -0.3 is 9.73 Å². The molecule has 1 heterocycles. The summed E-state index contributed by atoms with van der Waals surface area (Å²) in [4.78, 5) is 12.1. The number of halogens is 1. The maximum absolute atomic E-state index is 12.4. The zero-order valence-electron chi connectivity index (χ0n) is 14.8. The number of hydrogen-bond donors (Lipinski definition) is 1. The summed E-state index contributed by atoms with van der Waals surface area (Å²) in [5, 5.41) is 2.75. The quantitative estimate of drug-likeness (QED) is 0.480. The molecule has 2 rings (SSSR count). The number of carbonyl (C=O) groups excluding carboxylic acids is 1. The molecule has 1 N–H and O–H groups in total. The maximum atomic E-state index is 12.4. The molecule has 0 spiro atoms. The molecule has 0 aliphatic carbocycles. The molecule has 26 heavy (non-hydrogen) atoms. The molecule has 0 atom stereocenters. The molecule has 1 aromatic heterocycles. The van der Waals surface area contributed by atoms with E-state index in [0.29, 0.717) is 12.3 Å². The van der Waals surface area contributed by atoms with Crippen LogP contribution < -0.4 is 5.32 Å². The van der Waals surface area contributed by atoms with E-state index in [1.165, 1.54) is 10.4 Å². The van der Waals surface area contributed by atoms with E-state index in [0.717, 1.165) is 9.33 Å². The van der Waals surface area contributed by atoms with Crippen molar-refractivity contribution in [2.45, 2.75) is 31.3 Å². The van der Waals surface area contributed by atoms with E-state index in [1.807, 2.05) is 19.9 Å². The van der Waals surface area contributed by atoms with E-state index in [2.05, 4.69) is 27.9 Å². The summed E-state index contributed by atoms with van der Waals surface area (Å²) in [7, 11) is -1.94. The Hall–Kier alpha value is -1.65. The molecule has 0 aliphatic heterocycles. The topological polar surface area (TPSA) is 79.6 Å². The van der Waals surface area contributed by atoms with Crippen molar-refractivity contribution in [3.05, 3.63) is 57.6 Å². The van der Waals surface area contributed by atoms with Gasteiger partial charge in [-0.1, -0.05) is 12.1 Å². The molecule has 6 nitrogen and oxygen atoms in total. The molecule has 140 valence electrons. The van der Waals surface area contributed by atoms with Gasteiger partial charge in [0.15, 0.2) is 3.77 Å². The fourth-order valence-electron chi connectivity index (χ4n) is 2.05. The van der Waals surface area contributed by atoms with Crippen LogP contribution in [0.3, 0.4) is 0 Å². The van der Waals surface area contributed by atoms with Crippen LogP contribution in [0, 0.1) is 3.77 Å². The van der Waals surface area contributed by atoms with Gasteiger partial charge in [0.1, 0.15) is 5.76 Å². The standard InChI is InChI=1S/C18H21IN2O4S/c1-13(2)21(3)26(23,24)16-8-4-14(5-9-16)12-20-18(22)11-7-15-6-10-17(19)25-15/h4-11,13H,12H2,1-3H3,(H,20,22). The molecule has 0 fully saturated rings. The number of carbonyl (C=O) groups is 1. The predicted octanol–water partition coefficient (Wildman–Crippen LogP) is 3.24. The highest BCUT2D eigenvalue weighted by atomic mass is 127. The van der Waals surface area contributed by atoms with Crippen LogP contribution in [-0.2, 0) is 21.4 Å². The Morgan fingerprint density at radius 2 is 1.88 bits per heavy atom. The van der Waals surface area contributed by atoms with Gasteiger partial charge in [0.2, 0.25) is 15.9 Å². The van der Waals surface area contributed by atoms with Crippen molar-refractivity contribution < 1.29 is 17.6 Å². The second-order valence-corrected chi connectivity index (χ2v) is 9.01. The second-order valence-electron chi connectivity index (χ2n) is 5.95. The lowest BCUT2D eigenvalue weighted by atomic mass is 10.2. The van der Waals surface area contributed by atoms with Crippen molar-refractivity contribution in [1.29, 1.82) is 0 Å². The van der Waals surface area contributed by atoms with Crippen molar-refractivity contribution in [2.75, 3.05) is 7.05 Å². The highest BCUT2D eigenvalue weighted by Crippen LogP contribution is 2.17. The maximum Gasteiger partial charge on any atom is 0.244 e. The summed E-state index contributed by atoms with van der Waals surface area (Å²) in [6, 6.07) is 9.96. The van der Waals surface area contributed by atoms with Gasteiger partial charge in [-0.3, -0.25) is 4.79 Å². The number of furan rings is 1. The number of nitrogens with zero attached hydrogens (tertiary/aromatic N) is 1. The average Bonchev–Trinajstić information content (AvgIpc) is 3.03. The monoisotopic (exact) mass is 488 g/mol. The summed E-state index contributed by atoms with van der Waals surface area (Å²) in [5.74, 6) is 0.348. The minimum absolute atomic E-state index is 0.122. The Morgan fingerprint density at radius 1 is 1.23 bits per heavy atom. The van der Waals surface area contributed by atoms with Gasteiger partial charge in [-0.25, -0.2) is 8.42 Å². The van der Waals surface area contributed by atoms with Crippen molar-refractivity contribution in [3.63, 3.8) is 0 Å². The van der Waals surface area contributed by atoms with Gasteiger partial charge in [-0.05, 0) is 72.3 Å². The van der Waals surface area contributed by atoms with Gasteiger partial charge in [0.05, 0.1) is 4.90 Å². The smallest absolute Gasteiger partial charge is 0.244 e. The van der Waals surface area contributed by atoms with Crippen molar-refractivity contribution in [3.8, 4) is 0 Å². The van der Waals surface area contributed by atoms with Gasteiger partial charge in [0.25, 0.3) is 0 Å². The predicted molar refractivity (Wildman–Crippen MR) is 109 cm³/mol. The first kappa shape index (κ1) is 20.7. The first-order valence-corrected chi connectivity index (χ1v) is 10.5. The SMILES string of the molecule is CC(C)N(C)S(=O)(=O)c1ccc(CNC(=O)C=Cc2ccc(I)o2)cc1. The molecule has 2 aromatic rings. The van der Waals surface area contributed by atoms with Crippen molar-refractivity contribution >= 4 is 44.6 Å². The van der Waals surface area contributed by atoms with Crippen LogP contribution in [0.5, 0.6) is 0 Å². The normalized spacial score (nSPS) is 12.2. The van der Waals surface area contributed by atoms with E-state index in [9.17, 15) is 13.2 Å². The molecule has 0 radical (unpaired) electrons. The minimum Gasteiger partial charge on any atom is -0.451 e. The number of sulfonamides is 1. The molecule has 8 heteroatoms. The summed E-state index contributed by atoms with van der Waals surface area (Å²) in [6.45, 7) is 3.94. The number of nitrogens with one attached hydrogen (secondary N) is 1. The van der Waals surface area contributed by atoms with Crippen LogP contribution in [-0.4, -0.2) is 31.7 Å². The van der Waals surface area contributed by atoms with Gasteiger partial charge in [-0.15, -0.1) is 0 Å². The van der Waals surface area contributed by atoms with E-state index in [-0.39, 0.29) is 16.8 Å². The van der Waals surface area contributed by atoms with Crippen molar-refractivity contribution in [1.82, 2.24) is 9.62 Å². The second kappa shape index (κ2) is 8.83. The number of benzene rings is 1. The first-order chi connectivity index (χ1) is 12.2. The highest BCUT2D eigenvalue weighted by Gasteiger charge is 2.22. The van der Waals surface area contributed by atoms with Crippen LogP contribution >= 0.6 is 22.6 Å². The van der Waals surface area contributed by atoms with E-state index in [1.54, 1.807) is 43.5 Å². The average molecular weight is 488 g/mol. The molecule has 0 unspecified atom stereocenters. The van der Waals surface area contributed by atoms with Crippen LogP contribution in [0.1, 0.15) is 25.2 Å². The molecule has 1 amide bonds. The lowest BCUT2D eigenvalue weighted by molar-refractivity contribution is -0.116. The van der Waals surface area contributed by atoms with Crippen LogP contribution in [0.4, 0.5) is 0 Å². The Labute approximate surface area is 167 Å². The number of rotatable bonds is 7. The van der Waals surface area contributed by atoms with Gasteiger partial charge in [0, 0.05) is 25.7 Å². The van der Waals surface area contributed by atoms with Gasteiger partial charge in [-0.2, -0.15) is 4.31 Å². The van der Waals surface area contributed by atoms with Gasteiger partial charge >= 0.3 is 0 Å². The molecule has 0 saturated carbocycles. The zero-order chi connectivity index (χ0) is 19.3. The van der Waals surface area contributed by atoms with E-state index in [4.69, 9.17) is 4.42 Å². The third kappa shape index (κ3) is 5.42. The molecular formula is C18H21IN2O4S. The Balaban J connectivity index is 1.95. The first-order valence-electron chi connectivity index (χ1n) is 7.98. The summed E-state index contributed by atoms with van der Waals surface area (Å²) >= 11 is 2.05. The highest BCUT2D eigenvalue weighted by molar-refractivity contribution is 14.1. The third-order valence-corrected chi connectivity index (χ3v) is 6.41. The Kier molecular flexibility index (Phi) is 7.01. The molecule has 0 saturated heterocycles. The Morgan fingerprint density at radius 3 is 2.42 bits per heavy atom. The lowest BCUT2D eigenvalue weighted by Crippen LogP contribution is -2.33. The number of amides is 1. The lowest BCUT2D eigenvalue weighted by Gasteiger charge is -2.21. The van der Waals surface area contributed by atoms with Crippen LogP contribution in [0.15, 0.2) is 51.8 Å². The van der Waals surface area contributed by atoms with E-state index >= 15 is 0 Å². The number of hydrogen-bond acceptors (Lipinski definition) is 4. The zero-order valence-corrected chi connectivity index (χ0v) is 17.7. The van der Waals surface area contributed by atoms with Crippen LogP contribution in [0.2, 0.25) is 0 Å². The third-order valence-electron chi connectivity index (χ3n) is 3.79. The van der Waals surface area contributed by atoms with Crippen LogP contribution in [0.25, 0.3) is 6.08 Å². The summed E-state index contributed by atoms with van der Waals surface area (Å²) < 4.78 is 32.2. The summed E-state index contributed by atoms with van der Waals surface area (Å²) in [5.41, 5.74) is 0.811. The fourth-order valence-corrected chi connectivity index (χ4v) is 3.85. The molecule has 0 aliphatic rings. The van der Waals surface area contributed by atoms with E-state index < -0.39 is 10.0 Å². The Bertz CT molecular complexity index is 886. The molecule has 1 aromatic carbocycles. The molecular weight excluding hydrogens is 467 g/mol. The molecule has 0 bridgehead atoms.